The van der Waals surface area contributed by atoms with Gasteiger partial charge in [0.05, 0.1) is 11.9 Å². The van der Waals surface area contributed by atoms with Crippen LogP contribution in [0.5, 0.6) is 0 Å². The van der Waals surface area contributed by atoms with Gasteiger partial charge in [-0.3, -0.25) is 4.79 Å². The van der Waals surface area contributed by atoms with E-state index in [1.807, 2.05) is 20.0 Å². The lowest BCUT2D eigenvalue weighted by molar-refractivity contribution is 0.0996. The van der Waals surface area contributed by atoms with Crippen molar-refractivity contribution in [2.24, 2.45) is 11.7 Å². The van der Waals surface area contributed by atoms with Crippen molar-refractivity contribution in [3.8, 4) is 0 Å². The SMILES string of the molecule is Cc1cc(Nc2nc(N(C)CC3CCCCC3)cnc2C(N)=O)sn1. The fourth-order valence-corrected chi connectivity index (χ4v) is 3.88. The van der Waals surface area contributed by atoms with Crippen molar-refractivity contribution in [1.82, 2.24) is 14.3 Å². The molecule has 1 amide bonds. The maximum Gasteiger partial charge on any atom is 0.271 e. The second kappa shape index (κ2) is 7.77. The summed E-state index contributed by atoms with van der Waals surface area (Å²) in [6.45, 7) is 2.86. The van der Waals surface area contributed by atoms with Crippen LogP contribution < -0.4 is 16.0 Å². The molecule has 0 atom stereocenters. The molecule has 134 valence electrons. The van der Waals surface area contributed by atoms with Gasteiger partial charge in [0.2, 0.25) is 0 Å². The molecule has 0 aliphatic heterocycles. The van der Waals surface area contributed by atoms with Crippen LogP contribution in [0.15, 0.2) is 12.3 Å². The summed E-state index contributed by atoms with van der Waals surface area (Å²) in [4.78, 5) is 22.6. The van der Waals surface area contributed by atoms with Gasteiger partial charge in [0, 0.05) is 13.6 Å². The fourth-order valence-electron chi connectivity index (χ4n) is 3.22. The highest BCUT2D eigenvalue weighted by Crippen LogP contribution is 2.27. The minimum Gasteiger partial charge on any atom is -0.364 e. The Morgan fingerprint density at radius 1 is 1.40 bits per heavy atom. The molecule has 1 saturated carbocycles. The van der Waals surface area contributed by atoms with Gasteiger partial charge in [-0.15, -0.1) is 0 Å². The van der Waals surface area contributed by atoms with E-state index in [9.17, 15) is 4.79 Å². The average Bonchev–Trinajstić information content (AvgIpc) is 3.00. The first-order valence-electron chi connectivity index (χ1n) is 8.61. The van der Waals surface area contributed by atoms with Crippen LogP contribution in [0, 0.1) is 12.8 Å². The lowest BCUT2D eigenvalue weighted by Crippen LogP contribution is -2.28. The predicted molar refractivity (Wildman–Crippen MR) is 101 cm³/mol. The van der Waals surface area contributed by atoms with E-state index < -0.39 is 5.91 Å². The van der Waals surface area contributed by atoms with Crippen molar-refractivity contribution >= 4 is 34.1 Å². The summed E-state index contributed by atoms with van der Waals surface area (Å²) in [5.41, 5.74) is 6.49. The molecule has 1 fully saturated rings. The summed E-state index contributed by atoms with van der Waals surface area (Å²) < 4.78 is 4.23. The van der Waals surface area contributed by atoms with Crippen molar-refractivity contribution in [2.75, 3.05) is 23.8 Å². The van der Waals surface area contributed by atoms with Crippen molar-refractivity contribution < 1.29 is 4.79 Å². The van der Waals surface area contributed by atoms with Gasteiger partial charge in [0.15, 0.2) is 11.5 Å². The van der Waals surface area contributed by atoms with Gasteiger partial charge in [-0.25, -0.2) is 9.97 Å². The third-order valence-electron chi connectivity index (χ3n) is 4.51. The first kappa shape index (κ1) is 17.6. The molecule has 25 heavy (non-hydrogen) atoms. The number of aromatic nitrogens is 3. The van der Waals surface area contributed by atoms with Crippen LogP contribution in [0.3, 0.4) is 0 Å². The summed E-state index contributed by atoms with van der Waals surface area (Å²) >= 11 is 1.31. The summed E-state index contributed by atoms with van der Waals surface area (Å²) in [7, 11) is 2.02. The van der Waals surface area contributed by atoms with E-state index in [1.165, 1.54) is 43.6 Å². The van der Waals surface area contributed by atoms with E-state index >= 15 is 0 Å². The number of nitrogens with one attached hydrogen (secondary N) is 1. The number of anilines is 3. The predicted octanol–water partition coefficient (Wildman–Crippen LogP) is 3.10. The van der Waals surface area contributed by atoms with Crippen LogP contribution in [0.4, 0.5) is 16.6 Å². The molecule has 0 radical (unpaired) electrons. The molecule has 3 N–H and O–H groups in total. The molecule has 0 aromatic carbocycles. The van der Waals surface area contributed by atoms with Gasteiger partial charge in [-0.2, -0.15) is 4.37 Å². The highest BCUT2D eigenvalue weighted by molar-refractivity contribution is 7.10. The monoisotopic (exact) mass is 360 g/mol. The smallest absolute Gasteiger partial charge is 0.271 e. The van der Waals surface area contributed by atoms with Crippen LogP contribution in [0.1, 0.15) is 48.3 Å². The van der Waals surface area contributed by atoms with Crippen molar-refractivity contribution in [3.05, 3.63) is 23.7 Å². The Kier molecular flexibility index (Phi) is 5.47. The summed E-state index contributed by atoms with van der Waals surface area (Å²) in [6.07, 6.45) is 8.11. The minimum absolute atomic E-state index is 0.140. The zero-order chi connectivity index (χ0) is 17.8. The van der Waals surface area contributed by atoms with Crippen molar-refractivity contribution in [3.63, 3.8) is 0 Å². The Morgan fingerprint density at radius 2 is 2.16 bits per heavy atom. The number of aryl methyl sites for hydroxylation is 1. The van der Waals surface area contributed by atoms with Crippen LogP contribution >= 0.6 is 11.5 Å². The number of nitrogens with zero attached hydrogens (tertiary/aromatic N) is 4. The molecule has 2 heterocycles. The molecule has 7 nitrogen and oxygen atoms in total. The number of rotatable bonds is 6. The van der Waals surface area contributed by atoms with E-state index in [-0.39, 0.29) is 5.69 Å². The van der Waals surface area contributed by atoms with Crippen molar-refractivity contribution in [2.45, 2.75) is 39.0 Å². The number of carbonyl (C=O) groups excluding carboxylic acids is 1. The zero-order valence-corrected chi connectivity index (χ0v) is 15.5. The van der Waals surface area contributed by atoms with Gasteiger partial charge < -0.3 is 16.0 Å². The molecule has 2 aromatic heterocycles. The molecular formula is C17H24N6OS. The third-order valence-corrected chi connectivity index (χ3v) is 5.31. The Labute approximate surface area is 151 Å². The molecule has 0 spiro atoms. The molecule has 0 bridgehead atoms. The minimum atomic E-state index is -0.599. The molecule has 8 heteroatoms. The fraction of sp³-hybridized carbons (Fsp3) is 0.529. The van der Waals surface area contributed by atoms with Gasteiger partial charge in [0.1, 0.15) is 10.8 Å². The van der Waals surface area contributed by atoms with E-state index in [0.29, 0.717) is 11.7 Å². The highest BCUT2D eigenvalue weighted by atomic mass is 32.1. The van der Waals surface area contributed by atoms with E-state index in [0.717, 1.165) is 23.1 Å². The summed E-state index contributed by atoms with van der Waals surface area (Å²) in [5.74, 6) is 1.21. The second-order valence-corrected chi connectivity index (χ2v) is 7.44. The van der Waals surface area contributed by atoms with E-state index in [2.05, 4.69) is 24.6 Å². The Bertz CT molecular complexity index is 740. The van der Waals surface area contributed by atoms with Crippen LogP contribution in [-0.4, -0.2) is 33.8 Å². The Hall–Kier alpha value is -2.22. The highest BCUT2D eigenvalue weighted by Gasteiger charge is 2.19. The maximum absolute atomic E-state index is 11.7. The Morgan fingerprint density at radius 3 is 2.80 bits per heavy atom. The maximum atomic E-state index is 11.7. The zero-order valence-electron chi connectivity index (χ0n) is 14.7. The van der Waals surface area contributed by atoms with Crippen LogP contribution in [0.25, 0.3) is 0 Å². The molecule has 1 aliphatic rings. The summed E-state index contributed by atoms with van der Waals surface area (Å²) in [5, 5.41) is 3.94. The number of nitrogens with two attached hydrogens (primary N) is 1. The average molecular weight is 360 g/mol. The number of amides is 1. The van der Waals surface area contributed by atoms with Gasteiger partial charge in [0.25, 0.3) is 5.91 Å². The third kappa shape index (κ3) is 4.45. The van der Waals surface area contributed by atoms with E-state index in [4.69, 9.17) is 5.73 Å². The summed E-state index contributed by atoms with van der Waals surface area (Å²) in [6, 6.07) is 1.90. The first-order chi connectivity index (χ1) is 12.0. The molecule has 1 aliphatic carbocycles. The number of hydrogen-bond acceptors (Lipinski definition) is 7. The lowest BCUT2D eigenvalue weighted by Gasteiger charge is -2.27. The van der Waals surface area contributed by atoms with Crippen LogP contribution in [-0.2, 0) is 0 Å². The number of hydrogen-bond donors (Lipinski definition) is 2. The van der Waals surface area contributed by atoms with Gasteiger partial charge in [-0.1, -0.05) is 19.3 Å². The largest absolute Gasteiger partial charge is 0.364 e. The normalized spacial score (nSPS) is 15.1. The van der Waals surface area contributed by atoms with E-state index in [1.54, 1.807) is 6.20 Å². The Balaban J connectivity index is 1.80. The second-order valence-electron chi connectivity index (χ2n) is 6.63. The number of carbonyl (C=O) groups is 1. The van der Waals surface area contributed by atoms with Crippen molar-refractivity contribution in [1.29, 1.82) is 0 Å². The van der Waals surface area contributed by atoms with Crippen LogP contribution in [0.2, 0.25) is 0 Å². The quantitative estimate of drug-likeness (QED) is 0.821. The van der Waals surface area contributed by atoms with Gasteiger partial charge >= 0.3 is 0 Å². The molecule has 0 saturated heterocycles. The first-order valence-corrected chi connectivity index (χ1v) is 9.38. The molecule has 3 rings (SSSR count). The topological polar surface area (TPSA) is 97.0 Å². The molecule has 2 aromatic rings. The number of primary amides is 1. The lowest BCUT2D eigenvalue weighted by atomic mass is 9.89. The van der Waals surface area contributed by atoms with Gasteiger partial charge in [-0.05, 0) is 43.3 Å². The molecular weight excluding hydrogens is 336 g/mol. The standard InChI is InChI=1S/C17H24N6OS/c1-11-8-14(25-22-11)21-17-15(16(18)24)19-9-13(20-17)23(2)10-12-6-4-3-5-7-12/h8-9,12H,3-7,10H2,1-2H3,(H2,18,24)(H,20,21). The molecule has 0 unspecified atom stereocenters.